The molecule has 0 saturated carbocycles. The molecule has 1 aromatic carbocycles. The third-order valence-corrected chi connectivity index (χ3v) is 7.55. The Morgan fingerprint density at radius 2 is 1.85 bits per heavy atom. The minimum Gasteiger partial charge on any atom is -0.342 e. The maximum absolute atomic E-state index is 12.8. The number of aryl methyl sites for hydroxylation is 2. The van der Waals surface area contributed by atoms with Gasteiger partial charge < -0.3 is 4.90 Å². The Kier molecular flexibility index (Phi) is 8.34. The van der Waals surface area contributed by atoms with Gasteiger partial charge in [-0.3, -0.25) is 14.4 Å². The number of nitrogens with zero attached hydrogens (tertiary/aromatic N) is 6. The molecule has 1 aliphatic rings. The van der Waals surface area contributed by atoms with E-state index in [1.54, 1.807) is 18.5 Å². The van der Waals surface area contributed by atoms with E-state index in [9.17, 15) is 4.79 Å². The van der Waals surface area contributed by atoms with E-state index in [0.717, 1.165) is 44.6 Å². The fraction of sp³-hybridized carbons (Fsp3) is 0.462. The Hall–Kier alpha value is -2.71. The molecule has 7 nitrogen and oxygen atoms in total. The number of benzene rings is 1. The van der Waals surface area contributed by atoms with Crippen LogP contribution in [0.1, 0.15) is 29.7 Å². The number of piperidine rings is 1. The van der Waals surface area contributed by atoms with E-state index in [-0.39, 0.29) is 5.91 Å². The Morgan fingerprint density at radius 3 is 2.50 bits per heavy atom. The first kappa shape index (κ1) is 24.4. The highest BCUT2D eigenvalue weighted by Gasteiger charge is 2.31. The molecule has 180 valence electrons. The summed E-state index contributed by atoms with van der Waals surface area (Å²) >= 11 is 1.41. The first-order valence-electron chi connectivity index (χ1n) is 11.9. The van der Waals surface area contributed by atoms with E-state index < -0.39 is 0 Å². The number of amides is 1. The van der Waals surface area contributed by atoms with Crippen LogP contribution in [0.4, 0.5) is 0 Å². The summed E-state index contributed by atoms with van der Waals surface area (Å²) < 4.78 is 1.90. The van der Waals surface area contributed by atoms with Gasteiger partial charge in [-0.05, 0) is 50.8 Å². The van der Waals surface area contributed by atoms with Gasteiger partial charge in [0.1, 0.15) is 0 Å². The second-order valence-corrected chi connectivity index (χ2v) is 10.1. The second kappa shape index (κ2) is 11.6. The van der Waals surface area contributed by atoms with Crippen molar-refractivity contribution in [2.45, 2.75) is 43.9 Å². The summed E-state index contributed by atoms with van der Waals surface area (Å²) in [5.41, 5.74) is 3.73. The van der Waals surface area contributed by atoms with E-state index >= 15 is 0 Å². The molecule has 0 bridgehead atoms. The molecular weight excluding hydrogens is 444 g/mol. The van der Waals surface area contributed by atoms with E-state index in [1.165, 1.54) is 22.9 Å². The van der Waals surface area contributed by atoms with E-state index in [2.05, 4.69) is 70.5 Å². The molecule has 4 rings (SSSR count). The van der Waals surface area contributed by atoms with Gasteiger partial charge in [0.25, 0.3) is 0 Å². The number of hydrogen-bond donors (Lipinski definition) is 0. The van der Waals surface area contributed by atoms with Crippen molar-refractivity contribution in [3.05, 3.63) is 71.8 Å². The molecule has 3 heterocycles. The number of carbonyl (C=O) groups excluding carboxylic acids is 1. The van der Waals surface area contributed by atoms with Crippen LogP contribution in [0, 0.1) is 12.8 Å². The molecule has 2 aromatic heterocycles. The van der Waals surface area contributed by atoms with Crippen LogP contribution in [0.5, 0.6) is 0 Å². The van der Waals surface area contributed by atoms with Crippen molar-refractivity contribution in [3.8, 4) is 0 Å². The number of hydrogen-bond acceptors (Lipinski definition) is 6. The molecule has 0 radical (unpaired) electrons. The van der Waals surface area contributed by atoms with Crippen LogP contribution >= 0.6 is 11.8 Å². The Morgan fingerprint density at radius 1 is 1.15 bits per heavy atom. The van der Waals surface area contributed by atoms with Crippen molar-refractivity contribution in [1.29, 1.82) is 0 Å². The lowest BCUT2D eigenvalue weighted by Gasteiger charge is -2.40. The van der Waals surface area contributed by atoms with Crippen LogP contribution in [-0.4, -0.2) is 67.4 Å². The molecule has 1 saturated heterocycles. The number of likely N-dealkylation sites (N-methyl/N-ethyl adjacent to an activating group) is 1. The smallest absolute Gasteiger partial charge is 0.233 e. The third-order valence-electron chi connectivity index (χ3n) is 6.69. The van der Waals surface area contributed by atoms with Crippen molar-refractivity contribution < 1.29 is 4.79 Å². The van der Waals surface area contributed by atoms with Crippen LogP contribution in [-0.2, 0) is 24.8 Å². The Labute approximate surface area is 206 Å². The Balaban J connectivity index is 1.38. The lowest BCUT2D eigenvalue weighted by Crippen LogP contribution is -2.47. The number of thioether (sulfide) groups is 1. The minimum absolute atomic E-state index is 0.176. The summed E-state index contributed by atoms with van der Waals surface area (Å²) in [7, 11) is 4.21. The highest BCUT2D eigenvalue weighted by molar-refractivity contribution is 7.99. The monoisotopic (exact) mass is 478 g/mol. The van der Waals surface area contributed by atoms with Gasteiger partial charge in [-0.25, -0.2) is 9.97 Å². The molecule has 0 N–H and O–H groups in total. The van der Waals surface area contributed by atoms with Crippen molar-refractivity contribution in [1.82, 2.24) is 29.5 Å². The van der Waals surface area contributed by atoms with Crippen molar-refractivity contribution in [2.75, 3.05) is 25.9 Å². The van der Waals surface area contributed by atoms with Crippen molar-refractivity contribution in [2.24, 2.45) is 13.0 Å². The number of rotatable bonds is 9. The zero-order valence-electron chi connectivity index (χ0n) is 20.3. The molecule has 8 heteroatoms. The normalized spacial score (nSPS) is 15.6. The molecule has 1 fully saturated rings. The van der Waals surface area contributed by atoms with Crippen molar-refractivity contribution >= 4 is 17.7 Å². The average Bonchev–Trinajstić information content (AvgIpc) is 3.18. The third kappa shape index (κ3) is 6.45. The maximum atomic E-state index is 12.8. The van der Waals surface area contributed by atoms with Gasteiger partial charge >= 0.3 is 0 Å². The van der Waals surface area contributed by atoms with Gasteiger partial charge in [0.15, 0.2) is 5.16 Å². The van der Waals surface area contributed by atoms with Crippen molar-refractivity contribution in [3.63, 3.8) is 0 Å². The van der Waals surface area contributed by atoms with Crippen LogP contribution in [0.25, 0.3) is 0 Å². The quantitative estimate of drug-likeness (QED) is 0.346. The first-order valence-corrected chi connectivity index (χ1v) is 12.9. The molecule has 1 unspecified atom stereocenters. The van der Waals surface area contributed by atoms with E-state index in [4.69, 9.17) is 0 Å². The number of carbonyl (C=O) groups is 1. The maximum Gasteiger partial charge on any atom is 0.233 e. The first-order chi connectivity index (χ1) is 16.5. The summed E-state index contributed by atoms with van der Waals surface area (Å²) in [4.78, 5) is 25.7. The Bertz CT molecular complexity index is 1050. The van der Waals surface area contributed by atoms with E-state index in [1.807, 2.05) is 16.6 Å². The number of aromatic nitrogens is 4. The average molecular weight is 479 g/mol. The lowest BCUT2D eigenvalue weighted by molar-refractivity contribution is -0.130. The summed E-state index contributed by atoms with van der Waals surface area (Å²) in [6.45, 7) is 4.58. The zero-order chi connectivity index (χ0) is 23.9. The lowest BCUT2D eigenvalue weighted by atomic mass is 9.84. The molecular formula is C26H34N6OS. The molecule has 1 amide bonds. The largest absolute Gasteiger partial charge is 0.342 e. The van der Waals surface area contributed by atoms with Crippen LogP contribution in [0.15, 0.2) is 60.1 Å². The van der Waals surface area contributed by atoms with Crippen LogP contribution < -0.4 is 0 Å². The van der Waals surface area contributed by atoms with Gasteiger partial charge in [-0.15, -0.1) is 0 Å². The second-order valence-electron chi connectivity index (χ2n) is 9.12. The fourth-order valence-electron chi connectivity index (χ4n) is 4.84. The van der Waals surface area contributed by atoms with Gasteiger partial charge in [0.05, 0.1) is 11.4 Å². The predicted octanol–water partition coefficient (Wildman–Crippen LogP) is 3.59. The van der Waals surface area contributed by atoms with Gasteiger partial charge in [-0.1, -0.05) is 42.1 Å². The van der Waals surface area contributed by atoms with Gasteiger partial charge in [0, 0.05) is 56.9 Å². The summed E-state index contributed by atoms with van der Waals surface area (Å²) in [6, 6.07) is 12.9. The fourth-order valence-corrected chi connectivity index (χ4v) is 5.54. The standard InChI is InChI=1S/C26H34N6OS/c1-20-23(18-31(3)29-20)17-30(2)24(16-21-8-5-4-6-9-21)22-10-14-32(15-11-22)25(33)19-34-26-27-12-7-13-28-26/h4-9,12-13,18,22,24H,10-11,14-17,19H2,1-3H3. The molecule has 0 spiro atoms. The summed E-state index contributed by atoms with van der Waals surface area (Å²) in [5.74, 6) is 1.11. The highest BCUT2D eigenvalue weighted by atomic mass is 32.2. The van der Waals surface area contributed by atoms with Crippen LogP contribution in [0.2, 0.25) is 0 Å². The topological polar surface area (TPSA) is 67.2 Å². The van der Waals surface area contributed by atoms with Gasteiger partial charge in [0.2, 0.25) is 5.91 Å². The van der Waals surface area contributed by atoms with Gasteiger partial charge in [-0.2, -0.15) is 5.10 Å². The predicted molar refractivity (Wildman–Crippen MR) is 135 cm³/mol. The molecule has 3 aromatic rings. The zero-order valence-corrected chi connectivity index (χ0v) is 21.1. The van der Waals surface area contributed by atoms with E-state index in [0.29, 0.717) is 22.9 Å². The number of likely N-dealkylation sites (tertiary alicyclic amines) is 1. The molecule has 1 atom stereocenters. The summed E-state index contributed by atoms with van der Waals surface area (Å²) in [6.07, 6.45) is 8.60. The SMILES string of the molecule is Cc1nn(C)cc1CN(C)C(Cc1ccccc1)C1CCN(C(=O)CSc2ncccn2)CC1. The molecule has 1 aliphatic heterocycles. The molecule has 0 aliphatic carbocycles. The highest BCUT2D eigenvalue weighted by Crippen LogP contribution is 2.28. The minimum atomic E-state index is 0.176. The summed E-state index contributed by atoms with van der Waals surface area (Å²) in [5, 5.41) is 5.18. The molecule has 34 heavy (non-hydrogen) atoms. The van der Waals surface area contributed by atoms with Crippen LogP contribution in [0.3, 0.4) is 0 Å².